The molecule has 10 heteroatoms. The van der Waals surface area contributed by atoms with Crippen LogP contribution in [-0.4, -0.2) is 29.0 Å². The number of rotatable bonds is 7. The number of nitrogens with one attached hydrogen (secondary N) is 1. The van der Waals surface area contributed by atoms with Crippen LogP contribution in [0.1, 0.15) is 29.5 Å². The molecule has 0 unspecified atom stereocenters. The average molecular weight is 488 g/mol. The second-order valence-corrected chi connectivity index (χ2v) is 8.77. The first-order valence-electron chi connectivity index (χ1n) is 11.5. The van der Waals surface area contributed by atoms with Crippen molar-refractivity contribution in [3.63, 3.8) is 0 Å². The SMILES string of the molecule is Cc1cc(C#N)cc(C)c1Oc1ccc([N+](=O)[O-])c(NC2CCN(c3ccc([N+](=O)[O-])cc3)CC2)c1. The van der Waals surface area contributed by atoms with E-state index in [4.69, 9.17) is 10.00 Å². The number of nitro groups is 2. The number of anilines is 2. The van der Waals surface area contributed by atoms with E-state index in [2.05, 4.69) is 16.3 Å². The Bertz CT molecular complexity index is 1320. The molecule has 0 atom stereocenters. The van der Waals surface area contributed by atoms with Gasteiger partial charge >= 0.3 is 0 Å². The maximum atomic E-state index is 11.7. The first-order chi connectivity index (χ1) is 17.2. The summed E-state index contributed by atoms with van der Waals surface area (Å²) in [6.45, 7) is 5.13. The highest BCUT2D eigenvalue weighted by atomic mass is 16.6. The molecule has 4 rings (SSSR count). The quantitative estimate of drug-likeness (QED) is 0.323. The second-order valence-electron chi connectivity index (χ2n) is 8.77. The van der Waals surface area contributed by atoms with Crippen LogP contribution in [0.3, 0.4) is 0 Å². The number of aryl methyl sites for hydroxylation is 2. The van der Waals surface area contributed by atoms with Crippen LogP contribution in [0.2, 0.25) is 0 Å². The van der Waals surface area contributed by atoms with Gasteiger partial charge in [-0.25, -0.2) is 0 Å². The lowest BCUT2D eigenvalue weighted by atomic mass is 10.0. The molecule has 0 bridgehead atoms. The van der Waals surface area contributed by atoms with Gasteiger partial charge in [0.25, 0.3) is 11.4 Å². The smallest absolute Gasteiger partial charge is 0.292 e. The summed E-state index contributed by atoms with van der Waals surface area (Å²) in [7, 11) is 0. The standard InChI is InChI=1S/C26H25N5O5/c1-17-13-19(16-27)14-18(2)26(17)36-23-7-8-25(31(34)35)24(15-23)28-20-9-11-29(12-10-20)21-3-5-22(6-4-21)30(32)33/h3-8,13-15,20,28H,9-12H2,1-2H3. The molecule has 0 saturated carbocycles. The van der Waals surface area contributed by atoms with Gasteiger partial charge in [-0.15, -0.1) is 0 Å². The minimum absolute atomic E-state index is 0.0200. The topological polar surface area (TPSA) is 135 Å². The Morgan fingerprint density at radius 2 is 1.61 bits per heavy atom. The number of non-ortho nitro benzene ring substituents is 1. The van der Waals surface area contributed by atoms with Crippen molar-refractivity contribution in [3.05, 3.63) is 91.5 Å². The zero-order valence-corrected chi connectivity index (χ0v) is 19.9. The van der Waals surface area contributed by atoms with Crippen LogP contribution in [0.4, 0.5) is 22.7 Å². The summed E-state index contributed by atoms with van der Waals surface area (Å²) in [4.78, 5) is 23.8. The molecule has 1 N–H and O–H groups in total. The Labute approximate surface area is 208 Å². The molecule has 10 nitrogen and oxygen atoms in total. The van der Waals surface area contributed by atoms with Gasteiger partial charge in [0, 0.05) is 49.1 Å². The maximum Gasteiger partial charge on any atom is 0.292 e. The Hall–Kier alpha value is -4.65. The van der Waals surface area contributed by atoms with E-state index in [0.717, 1.165) is 29.7 Å². The van der Waals surface area contributed by atoms with E-state index in [0.29, 0.717) is 35.8 Å². The fourth-order valence-electron chi connectivity index (χ4n) is 4.43. The van der Waals surface area contributed by atoms with Crippen molar-refractivity contribution in [2.24, 2.45) is 0 Å². The van der Waals surface area contributed by atoms with Crippen LogP contribution in [0.25, 0.3) is 0 Å². The molecule has 3 aromatic rings. The molecule has 0 spiro atoms. The Morgan fingerprint density at radius 1 is 0.972 bits per heavy atom. The number of hydrogen-bond donors (Lipinski definition) is 1. The normalized spacial score (nSPS) is 13.6. The zero-order valence-electron chi connectivity index (χ0n) is 19.9. The predicted molar refractivity (Wildman–Crippen MR) is 136 cm³/mol. The highest BCUT2D eigenvalue weighted by Crippen LogP contribution is 2.35. The molecule has 1 aliphatic rings. The number of nitro benzene ring substituents is 2. The van der Waals surface area contributed by atoms with Crippen molar-refractivity contribution in [3.8, 4) is 17.6 Å². The third-order valence-electron chi connectivity index (χ3n) is 6.25. The van der Waals surface area contributed by atoms with Gasteiger partial charge in [0.15, 0.2) is 0 Å². The fraction of sp³-hybridized carbons (Fsp3) is 0.269. The summed E-state index contributed by atoms with van der Waals surface area (Å²) in [6.07, 6.45) is 1.49. The molecule has 36 heavy (non-hydrogen) atoms. The summed E-state index contributed by atoms with van der Waals surface area (Å²) < 4.78 is 6.08. The van der Waals surface area contributed by atoms with Gasteiger partial charge in [-0.1, -0.05) is 0 Å². The van der Waals surface area contributed by atoms with E-state index in [1.54, 1.807) is 36.4 Å². The number of hydrogen-bond acceptors (Lipinski definition) is 8. The van der Waals surface area contributed by atoms with E-state index in [1.165, 1.54) is 18.2 Å². The number of piperidine rings is 1. The fourth-order valence-corrected chi connectivity index (χ4v) is 4.43. The van der Waals surface area contributed by atoms with Crippen LogP contribution in [0, 0.1) is 45.4 Å². The Balaban J connectivity index is 1.47. The highest BCUT2D eigenvalue weighted by molar-refractivity contribution is 5.65. The molecule has 0 aliphatic carbocycles. The lowest BCUT2D eigenvalue weighted by molar-refractivity contribution is -0.384. The largest absolute Gasteiger partial charge is 0.457 e. The van der Waals surface area contributed by atoms with E-state index < -0.39 is 9.85 Å². The number of benzene rings is 3. The number of nitriles is 1. The van der Waals surface area contributed by atoms with Gasteiger partial charge in [0.2, 0.25) is 0 Å². The average Bonchev–Trinajstić information content (AvgIpc) is 2.86. The van der Waals surface area contributed by atoms with Gasteiger partial charge in [-0.05, 0) is 68.1 Å². The molecule has 0 aromatic heterocycles. The van der Waals surface area contributed by atoms with Gasteiger partial charge in [0.05, 0.1) is 21.5 Å². The first-order valence-corrected chi connectivity index (χ1v) is 11.5. The summed E-state index contributed by atoms with van der Waals surface area (Å²) in [6, 6.07) is 16.7. The molecule has 0 radical (unpaired) electrons. The van der Waals surface area contributed by atoms with Crippen molar-refractivity contribution in [2.45, 2.75) is 32.7 Å². The molecule has 0 amide bonds. The van der Waals surface area contributed by atoms with E-state index in [1.807, 2.05) is 13.8 Å². The first kappa shape index (κ1) is 24.5. The maximum absolute atomic E-state index is 11.7. The van der Waals surface area contributed by atoms with Crippen LogP contribution >= 0.6 is 0 Å². The van der Waals surface area contributed by atoms with Crippen molar-refractivity contribution in [1.29, 1.82) is 5.26 Å². The third kappa shape index (κ3) is 5.36. The van der Waals surface area contributed by atoms with Crippen molar-refractivity contribution in [1.82, 2.24) is 0 Å². The minimum Gasteiger partial charge on any atom is -0.457 e. The molecular formula is C26H25N5O5. The lowest BCUT2D eigenvalue weighted by Gasteiger charge is -2.34. The van der Waals surface area contributed by atoms with Gasteiger partial charge in [-0.3, -0.25) is 20.2 Å². The summed E-state index contributed by atoms with van der Waals surface area (Å²) in [5, 5.41) is 35.0. The number of ether oxygens (including phenoxy) is 1. The summed E-state index contributed by atoms with van der Waals surface area (Å²) >= 11 is 0. The monoisotopic (exact) mass is 487 g/mol. The van der Waals surface area contributed by atoms with Crippen LogP contribution in [-0.2, 0) is 0 Å². The van der Waals surface area contributed by atoms with E-state index in [-0.39, 0.29) is 17.4 Å². The summed E-state index contributed by atoms with van der Waals surface area (Å²) in [5.41, 5.74) is 3.47. The van der Waals surface area contributed by atoms with Gasteiger partial charge < -0.3 is 15.0 Å². The zero-order chi connectivity index (χ0) is 25.8. The molecule has 3 aromatic carbocycles. The second kappa shape index (κ2) is 10.3. The molecule has 1 heterocycles. The van der Waals surface area contributed by atoms with Gasteiger partial charge in [-0.2, -0.15) is 5.26 Å². The minimum atomic E-state index is -0.422. The van der Waals surface area contributed by atoms with Crippen LogP contribution in [0.15, 0.2) is 54.6 Å². The van der Waals surface area contributed by atoms with Crippen LogP contribution < -0.4 is 15.0 Å². The van der Waals surface area contributed by atoms with Crippen molar-refractivity contribution >= 4 is 22.7 Å². The summed E-state index contributed by atoms with van der Waals surface area (Å²) in [5.74, 6) is 1.08. The highest BCUT2D eigenvalue weighted by Gasteiger charge is 2.23. The Morgan fingerprint density at radius 3 is 2.17 bits per heavy atom. The molecule has 184 valence electrons. The predicted octanol–water partition coefficient (Wildman–Crippen LogP) is 5.86. The molecule has 1 aliphatic heterocycles. The van der Waals surface area contributed by atoms with Gasteiger partial charge in [0.1, 0.15) is 17.2 Å². The van der Waals surface area contributed by atoms with E-state index in [9.17, 15) is 20.2 Å². The van der Waals surface area contributed by atoms with Crippen LogP contribution in [0.5, 0.6) is 11.5 Å². The molecular weight excluding hydrogens is 462 g/mol. The molecule has 1 saturated heterocycles. The van der Waals surface area contributed by atoms with E-state index >= 15 is 0 Å². The number of nitrogens with zero attached hydrogens (tertiary/aromatic N) is 4. The van der Waals surface area contributed by atoms with Crippen molar-refractivity contribution < 1.29 is 14.6 Å². The molecule has 1 fully saturated rings. The van der Waals surface area contributed by atoms with Crippen molar-refractivity contribution in [2.75, 3.05) is 23.3 Å². The lowest BCUT2D eigenvalue weighted by Crippen LogP contribution is -2.39. The Kier molecular flexibility index (Phi) is 7.01. The third-order valence-corrected chi connectivity index (χ3v) is 6.25.